The van der Waals surface area contributed by atoms with Crippen LogP contribution in [0.2, 0.25) is 0 Å². The van der Waals surface area contributed by atoms with E-state index in [4.69, 9.17) is 19.7 Å². The molecule has 0 atom stereocenters. The van der Waals surface area contributed by atoms with E-state index in [2.05, 4.69) is 0 Å². The maximum atomic E-state index is 9.01. The summed E-state index contributed by atoms with van der Waals surface area (Å²) in [5.74, 6) is 1.29. The molecule has 100 valence electrons. The van der Waals surface area contributed by atoms with Gasteiger partial charge in [0.25, 0.3) is 0 Å². The van der Waals surface area contributed by atoms with Gasteiger partial charge in [-0.2, -0.15) is 0 Å². The molecule has 0 amide bonds. The van der Waals surface area contributed by atoms with Gasteiger partial charge >= 0.3 is 0 Å². The van der Waals surface area contributed by atoms with Crippen LogP contribution in [0.15, 0.2) is 48.5 Å². The molecule has 4 heteroatoms. The van der Waals surface area contributed by atoms with Crippen molar-refractivity contribution in [1.82, 2.24) is 0 Å². The van der Waals surface area contributed by atoms with Crippen LogP contribution in [0.3, 0.4) is 0 Å². The molecule has 0 saturated heterocycles. The molecular weight excluding hydrogens is 244 g/mol. The number of rotatable bonds is 6. The maximum absolute atomic E-state index is 9.01. The van der Waals surface area contributed by atoms with Gasteiger partial charge in [-0.05, 0) is 35.4 Å². The number of hydrogen-bond acceptors (Lipinski definition) is 4. The second-order valence-corrected chi connectivity index (χ2v) is 4.02. The van der Waals surface area contributed by atoms with Crippen LogP contribution in [0.4, 0.5) is 0 Å². The average molecular weight is 260 g/mol. The van der Waals surface area contributed by atoms with Gasteiger partial charge in [0.15, 0.2) is 0 Å². The number of benzene rings is 2. The van der Waals surface area contributed by atoms with E-state index in [1.165, 1.54) is 0 Å². The standard InChI is InChI=1S/C15H16O4/c16-9-12-3-1-5-14(7-12)18-11-19-15-6-2-4-13(8-15)10-17/h1-8,16-17H,9-11H2. The van der Waals surface area contributed by atoms with Gasteiger partial charge in [0.05, 0.1) is 13.2 Å². The summed E-state index contributed by atoms with van der Waals surface area (Å²) in [6.45, 7) is 0.0387. The Balaban J connectivity index is 1.88. The van der Waals surface area contributed by atoms with Crippen molar-refractivity contribution in [3.05, 3.63) is 59.7 Å². The third-order valence-corrected chi connectivity index (χ3v) is 2.61. The molecule has 0 aliphatic carbocycles. The van der Waals surface area contributed by atoms with E-state index >= 15 is 0 Å². The van der Waals surface area contributed by atoms with Crippen molar-refractivity contribution < 1.29 is 19.7 Å². The Morgan fingerprint density at radius 2 is 1.21 bits per heavy atom. The molecule has 0 spiro atoms. The van der Waals surface area contributed by atoms with E-state index in [9.17, 15) is 0 Å². The van der Waals surface area contributed by atoms with E-state index in [1.54, 1.807) is 24.3 Å². The number of aliphatic hydroxyl groups is 2. The molecule has 0 bridgehead atoms. The lowest BCUT2D eigenvalue weighted by Gasteiger charge is -2.09. The summed E-state index contributed by atoms with van der Waals surface area (Å²) in [5.41, 5.74) is 1.58. The predicted octanol–water partition coefficient (Wildman–Crippen LogP) is 2.09. The molecule has 19 heavy (non-hydrogen) atoms. The van der Waals surface area contributed by atoms with Gasteiger partial charge in [-0.3, -0.25) is 0 Å². The highest BCUT2D eigenvalue weighted by molar-refractivity contribution is 5.29. The SMILES string of the molecule is OCc1cccc(OCOc2cccc(CO)c2)c1. The van der Waals surface area contributed by atoms with E-state index in [1.807, 2.05) is 24.3 Å². The fourth-order valence-corrected chi connectivity index (χ4v) is 1.63. The van der Waals surface area contributed by atoms with Crippen LogP contribution >= 0.6 is 0 Å². The van der Waals surface area contributed by atoms with Crippen LogP contribution in [-0.2, 0) is 13.2 Å². The van der Waals surface area contributed by atoms with Crippen molar-refractivity contribution in [2.24, 2.45) is 0 Å². The fourth-order valence-electron chi connectivity index (χ4n) is 1.63. The highest BCUT2D eigenvalue weighted by Crippen LogP contribution is 2.16. The average Bonchev–Trinajstić information content (AvgIpc) is 2.48. The second kappa shape index (κ2) is 6.78. The zero-order chi connectivity index (χ0) is 13.5. The van der Waals surface area contributed by atoms with Gasteiger partial charge in [0.2, 0.25) is 6.79 Å². The van der Waals surface area contributed by atoms with Crippen molar-refractivity contribution in [3.63, 3.8) is 0 Å². The van der Waals surface area contributed by atoms with E-state index in [0.717, 1.165) is 11.1 Å². The molecule has 0 aromatic heterocycles. The molecule has 2 aromatic rings. The lowest BCUT2D eigenvalue weighted by Crippen LogP contribution is -2.06. The number of ether oxygens (including phenoxy) is 2. The highest BCUT2D eigenvalue weighted by Gasteiger charge is 1.98. The summed E-state index contributed by atoms with van der Waals surface area (Å²) in [5, 5.41) is 18.0. The van der Waals surface area contributed by atoms with Crippen LogP contribution in [0.1, 0.15) is 11.1 Å². The van der Waals surface area contributed by atoms with Crippen LogP contribution in [-0.4, -0.2) is 17.0 Å². The molecule has 0 unspecified atom stereocenters. The topological polar surface area (TPSA) is 58.9 Å². The lowest BCUT2D eigenvalue weighted by atomic mass is 10.2. The van der Waals surface area contributed by atoms with Crippen molar-refractivity contribution in [3.8, 4) is 11.5 Å². The van der Waals surface area contributed by atoms with Gasteiger partial charge in [0.1, 0.15) is 11.5 Å². The Bertz CT molecular complexity index is 478. The van der Waals surface area contributed by atoms with E-state index in [0.29, 0.717) is 11.5 Å². The Labute approximate surface area is 111 Å². The van der Waals surface area contributed by atoms with Gasteiger partial charge in [-0.25, -0.2) is 0 Å². The Morgan fingerprint density at radius 1 is 0.737 bits per heavy atom. The minimum Gasteiger partial charge on any atom is -0.457 e. The van der Waals surface area contributed by atoms with Crippen molar-refractivity contribution in [2.45, 2.75) is 13.2 Å². The predicted molar refractivity (Wildman–Crippen MR) is 70.9 cm³/mol. The molecule has 0 heterocycles. The molecule has 2 N–H and O–H groups in total. The molecule has 4 nitrogen and oxygen atoms in total. The van der Waals surface area contributed by atoms with Crippen molar-refractivity contribution in [1.29, 1.82) is 0 Å². The summed E-state index contributed by atoms with van der Waals surface area (Å²) >= 11 is 0. The molecule has 0 fully saturated rings. The summed E-state index contributed by atoms with van der Waals surface area (Å²) in [6.07, 6.45) is 0. The zero-order valence-electron chi connectivity index (χ0n) is 10.5. The summed E-state index contributed by atoms with van der Waals surface area (Å²) in [6, 6.07) is 14.4. The van der Waals surface area contributed by atoms with Crippen LogP contribution in [0.5, 0.6) is 11.5 Å². The normalized spacial score (nSPS) is 10.2. The van der Waals surface area contributed by atoms with Crippen LogP contribution in [0.25, 0.3) is 0 Å². The Hall–Kier alpha value is -2.04. The molecule has 0 radical (unpaired) electrons. The van der Waals surface area contributed by atoms with E-state index in [-0.39, 0.29) is 20.0 Å². The summed E-state index contributed by atoms with van der Waals surface area (Å²) in [7, 11) is 0. The van der Waals surface area contributed by atoms with Gasteiger partial charge in [0, 0.05) is 0 Å². The minimum atomic E-state index is -0.0173. The molecule has 0 aliphatic rings. The maximum Gasteiger partial charge on any atom is 0.230 e. The molecule has 2 aromatic carbocycles. The van der Waals surface area contributed by atoms with Gasteiger partial charge in [-0.1, -0.05) is 24.3 Å². The van der Waals surface area contributed by atoms with Crippen molar-refractivity contribution >= 4 is 0 Å². The monoisotopic (exact) mass is 260 g/mol. The quantitative estimate of drug-likeness (QED) is 0.781. The molecule has 2 rings (SSSR count). The van der Waals surface area contributed by atoms with E-state index < -0.39 is 0 Å². The number of hydrogen-bond donors (Lipinski definition) is 2. The highest BCUT2D eigenvalue weighted by atomic mass is 16.7. The first-order chi connectivity index (χ1) is 9.31. The smallest absolute Gasteiger partial charge is 0.230 e. The fraction of sp³-hybridized carbons (Fsp3) is 0.200. The summed E-state index contributed by atoms with van der Waals surface area (Å²) < 4.78 is 10.9. The number of aliphatic hydroxyl groups excluding tert-OH is 2. The summed E-state index contributed by atoms with van der Waals surface area (Å²) in [4.78, 5) is 0. The Kier molecular flexibility index (Phi) is 4.78. The van der Waals surface area contributed by atoms with Gasteiger partial charge in [-0.15, -0.1) is 0 Å². The second-order valence-electron chi connectivity index (χ2n) is 4.02. The first-order valence-corrected chi connectivity index (χ1v) is 5.97. The first kappa shape index (κ1) is 13.4. The van der Waals surface area contributed by atoms with Crippen molar-refractivity contribution in [2.75, 3.05) is 6.79 Å². The minimum absolute atomic E-state index is 0.0173. The third-order valence-electron chi connectivity index (χ3n) is 2.61. The zero-order valence-corrected chi connectivity index (χ0v) is 10.5. The molecule has 0 aliphatic heterocycles. The molecule has 0 saturated carbocycles. The molecular formula is C15H16O4. The van der Waals surface area contributed by atoms with Crippen LogP contribution in [0, 0.1) is 0 Å². The first-order valence-electron chi connectivity index (χ1n) is 5.97. The van der Waals surface area contributed by atoms with Crippen LogP contribution < -0.4 is 9.47 Å². The largest absolute Gasteiger partial charge is 0.457 e. The third kappa shape index (κ3) is 3.98. The lowest BCUT2D eigenvalue weighted by molar-refractivity contribution is 0.119. The Morgan fingerprint density at radius 3 is 1.63 bits per heavy atom. The van der Waals surface area contributed by atoms with Gasteiger partial charge < -0.3 is 19.7 Å².